The maximum atomic E-state index is 13.2. The predicted molar refractivity (Wildman–Crippen MR) is 103 cm³/mol. The number of anilines is 1. The van der Waals surface area contributed by atoms with Crippen LogP contribution in [0.1, 0.15) is 5.56 Å². The van der Waals surface area contributed by atoms with Crippen LogP contribution in [0.25, 0.3) is 22.9 Å². The van der Waals surface area contributed by atoms with Crippen LogP contribution in [-0.4, -0.2) is 33.7 Å². The summed E-state index contributed by atoms with van der Waals surface area (Å²) in [6, 6.07) is 11.7. The molecule has 2 N–H and O–H groups in total. The Morgan fingerprint density at radius 1 is 1.04 bits per heavy atom. The second-order valence-corrected chi connectivity index (χ2v) is 6.17. The van der Waals surface area contributed by atoms with E-state index in [1.807, 2.05) is 4.57 Å². The van der Waals surface area contributed by atoms with E-state index in [9.17, 15) is 4.39 Å². The second kappa shape index (κ2) is 7.15. The summed E-state index contributed by atoms with van der Waals surface area (Å²) in [4.78, 5) is 13.4. The molecule has 0 aromatic heterocycles. The normalized spacial score (nSPS) is 11.0. The lowest BCUT2D eigenvalue weighted by atomic mass is 10.2. The Bertz CT molecular complexity index is 1090. The Morgan fingerprint density at radius 3 is 2.54 bits per heavy atom. The molecule has 2 aromatic rings. The molecule has 2 aromatic carbocycles. The molecule has 4 rings (SSSR count). The number of hydrogen-bond acceptors (Lipinski definition) is 6. The van der Waals surface area contributed by atoms with E-state index in [4.69, 9.17) is 15.2 Å². The molecule has 0 radical (unpaired) electrons. The highest BCUT2D eigenvalue weighted by Gasteiger charge is 2.22. The van der Waals surface area contributed by atoms with Gasteiger partial charge in [-0.05, 0) is 35.9 Å². The van der Waals surface area contributed by atoms with Gasteiger partial charge in [-0.2, -0.15) is 0 Å². The molecule has 28 heavy (non-hydrogen) atoms. The molecule has 2 aliphatic rings. The van der Waals surface area contributed by atoms with Gasteiger partial charge in [-0.1, -0.05) is 12.1 Å². The Morgan fingerprint density at radius 2 is 1.82 bits per heavy atom. The van der Waals surface area contributed by atoms with E-state index in [0.717, 1.165) is 5.56 Å². The van der Waals surface area contributed by atoms with Gasteiger partial charge in [-0.3, -0.25) is 0 Å². The highest BCUT2D eigenvalue weighted by molar-refractivity contribution is 5.74. The van der Waals surface area contributed by atoms with Gasteiger partial charge in [0, 0.05) is 0 Å². The number of imidazole rings is 1. The number of nitrogens with zero attached hydrogens (tertiary/aromatic N) is 4. The van der Waals surface area contributed by atoms with Gasteiger partial charge in [-0.25, -0.2) is 19.3 Å². The summed E-state index contributed by atoms with van der Waals surface area (Å²) in [5, 5.41) is 0. The van der Waals surface area contributed by atoms with Crippen molar-refractivity contribution < 1.29 is 13.9 Å². The largest absolute Gasteiger partial charge is 0.497 e. The van der Waals surface area contributed by atoms with Crippen molar-refractivity contribution in [1.29, 1.82) is 0 Å². The molecule has 0 aliphatic carbocycles. The third-order valence-electron chi connectivity index (χ3n) is 4.41. The van der Waals surface area contributed by atoms with Crippen LogP contribution in [0.3, 0.4) is 0 Å². The van der Waals surface area contributed by atoms with E-state index in [2.05, 4.69) is 15.0 Å². The van der Waals surface area contributed by atoms with Gasteiger partial charge in [0.1, 0.15) is 17.3 Å². The minimum Gasteiger partial charge on any atom is -0.497 e. The minimum atomic E-state index is -0.283. The number of fused-ring (bicyclic) bond motifs is 1. The first-order chi connectivity index (χ1) is 13.6. The van der Waals surface area contributed by atoms with Crippen LogP contribution in [0.15, 0.2) is 48.8 Å². The fourth-order valence-electron chi connectivity index (χ4n) is 2.97. The fraction of sp³-hybridized carbons (Fsp3) is 0.150. The zero-order chi connectivity index (χ0) is 19.7. The summed E-state index contributed by atoms with van der Waals surface area (Å²) >= 11 is 0. The highest BCUT2D eigenvalue weighted by Crippen LogP contribution is 2.35. The lowest BCUT2D eigenvalue weighted by Crippen LogP contribution is -2.09. The summed E-state index contributed by atoms with van der Waals surface area (Å²) in [6.45, 7) is 0.456. The lowest BCUT2D eigenvalue weighted by molar-refractivity contribution is 0.404. The summed E-state index contributed by atoms with van der Waals surface area (Å²) in [5.41, 5.74) is 8.11. The molecule has 0 bridgehead atoms. The number of benzene rings is 2. The smallest absolute Gasteiger partial charge is 0.166 e. The van der Waals surface area contributed by atoms with E-state index in [1.54, 1.807) is 50.9 Å². The molecule has 0 atom stereocenters. The Labute approximate surface area is 160 Å². The van der Waals surface area contributed by atoms with Crippen LogP contribution >= 0.6 is 0 Å². The van der Waals surface area contributed by atoms with Gasteiger partial charge in [0.05, 0.1) is 32.7 Å². The van der Waals surface area contributed by atoms with Crippen molar-refractivity contribution in [3.8, 4) is 34.4 Å². The molecule has 2 heterocycles. The molecule has 0 spiro atoms. The van der Waals surface area contributed by atoms with Crippen LogP contribution in [0, 0.1) is 5.82 Å². The standard InChI is InChI=1S/C20H18FN5O2/c1-27-14-7-8-16(28-2)15(9-14)19-24-17-18(22)23-11-26(20(17)25-19)10-12-3-5-13(21)6-4-12/h3-9,11H,10,22H2,1-2H3. The maximum absolute atomic E-state index is 13.2. The zero-order valence-electron chi connectivity index (χ0n) is 15.4. The number of rotatable bonds is 5. The number of methoxy groups -OCH3 is 2. The van der Waals surface area contributed by atoms with E-state index >= 15 is 0 Å². The first-order valence-corrected chi connectivity index (χ1v) is 8.54. The van der Waals surface area contributed by atoms with Gasteiger partial charge >= 0.3 is 0 Å². The van der Waals surface area contributed by atoms with E-state index < -0.39 is 0 Å². The van der Waals surface area contributed by atoms with Crippen molar-refractivity contribution in [2.75, 3.05) is 20.0 Å². The SMILES string of the molecule is COc1ccc(OC)c(-c2nc3c(N)ncn(Cc4ccc(F)cc4)c-3n2)c1. The number of nitrogens with two attached hydrogens (primary N) is 1. The molecule has 0 saturated heterocycles. The summed E-state index contributed by atoms with van der Waals surface area (Å²) in [6.07, 6.45) is 1.60. The third kappa shape index (κ3) is 3.20. The van der Waals surface area contributed by atoms with Crippen molar-refractivity contribution in [1.82, 2.24) is 19.5 Å². The van der Waals surface area contributed by atoms with Crippen molar-refractivity contribution in [2.24, 2.45) is 0 Å². The molecule has 8 heteroatoms. The Hall–Kier alpha value is -3.68. The number of nitrogen functional groups attached to an aromatic ring is 1. The molecule has 0 fully saturated rings. The average molecular weight is 379 g/mol. The number of aromatic nitrogens is 4. The first kappa shape index (κ1) is 17.7. The van der Waals surface area contributed by atoms with Crippen LogP contribution in [0.2, 0.25) is 0 Å². The van der Waals surface area contributed by atoms with Crippen LogP contribution in [-0.2, 0) is 6.54 Å². The average Bonchev–Trinajstić information content (AvgIpc) is 3.17. The van der Waals surface area contributed by atoms with Crippen molar-refractivity contribution in [3.63, 3.8) is 0 Å². The molecule has 0 amide bonds. The van der Waals surface area contributed by atoms with Gasteiger partial charge in [-0.15, -0.1) is 0 Å². The predicted octanol–water partition coefficient (Wildman–Crippen LogP) is 3.23. The van der Waals surface area contributed by atoms with Crippen LogP contribution in [0.4, 0.5) is 10.2 Å². The minimum absolute atomic E-state index is 0.283. The molecule has 0 unspecified atom stereocenters. The van der Waals surface area contributed by atoms with Gasteiger partial charge < -0.3 is 19.8 Å². The Balaban J connectivity index is 1.81. The van der Waals surface area contributed by atoms with E-state index in [-0.39, 0.29) is 11.6 Å². The summed E-state index contributed by atoms with van der Waals surface area (Å²) in [5.74, 6) is 2.32. The maximum Gasteiger partial charge on any atom is 0.166 e. The quantitative estimate of drug-likeness (QED) is 0.573. The van der Waals surface area contributed by atoms with Gasteiger partial charge in [0.15, 0.2) is 23.2 Å². The number of halogens is 1. The Kier molecular flexibility index (Phi) is 4.52. The monoisotopic (exact) mass is 379 g/mol. The first-order valence-electron chi connectivity index (χ1n) is 8.54. The molecular formula is C20H18FN5O2. The molecule has 2 aliphatic heterocycles. The number of hydrogen-bond donors (Lipinski definition) is 1. The van der Waals surface area contributed by atoms with Gasteiger partial charge in [0.25, 0.3) is 0 Å². The van der Waals surface area contributed by atoms with E-state index in [1.165, 1.54) is 12.1 Å². The second-order valence-electron chi connectivity index (χ2n) is 6.17. The highest BCUT2D eigenvalue weighted by atomic mass is 19.1. The third-order valence-corrected chi connectivity index (χ3v) is 4.41. The number of ether oxygens (including phenoxy) is 2. The van der Waals surface area contributed by atoms with Crippen molar-refractivity contribution in [3.05, 3.63) is 60.2 Å². The summed E-state index contributed by atoms with van der Waals surface area (Å²) in [7, 11) is 3.17. The zero-order valence-corrected chi connectivity index (χ0v) is 15.4. The topological polar surface area (TPSA) is 88.1 Å². The molecule has 7 nitrogen and oxygen atoms in total. The molecule has 0 saturated carbocycles. The molecular weight excluding hydrogens is 361 g/mol. The fourth-order valence-corrected chi connectivity index (χ4v) is 2.97. The van der Waals surface area contributed by atoms with Gasteiger partial charge in [0.2, 0.25) is 0 Å². The molecule has 142 valence electrons. The van der Waals surface area contributed by atoms with E-state index in [0.29, 0.717) is 40.9 Å². The lowest BCUT2D eigenvalue weighted by Gasteiger charge is -2.11. The van der Waals surface area contributed by atoms with Crippen molar-refractivity contribution >= 4 is 5.82 Å². The van der Waals surface area contributed by atoms with Crippen molar-refractivity contribution in [2.45, 2.75) is 6.54 Å². The van der Waals surface area contributed by atoms with Crippen LogP contribution in [0.5, 0.6) is 11.5 Å². The summed E-state index contributed by atoms with van der Waals surface area (Å²) < 4.78 is 25.7. The van der Waals surface area contributed by atoms with Crippen LogP contribution < -0.4 is 15.2 Å².